The van der Waals surface area contributed by atoms with Crippen LogP contribution < -0.4 is 5.32 Å². The maximum Gasteiger partial charge on any atom is 0.253 e. The van der Waals surface area contributed by atoms with E-state index in [1.165, 1.54) is 0 Å². The van der Waals surface area contributed by atoms with Crippen LogP contribution in [0.15, 0.2) is 53.1 Å². The quantitative estimate of drug-likeness (QED) is 0.639. The molecule has 3 N–H and O–H groups in total. The van der Waals surface area contributed by atoms with E-state index in [1.54, 1.807) is 42.7 Å². The zero-order chi connectivity index (χ0) is 16.1. The predicted octanol–water partition coefficient (Wildman–Crippen LogP) is 1.46. The largest absolute Gasteiger partial charge is 0.461 e. The van der Waals surface area contributed by atoms with Crippen LogP contribution in [-0.4, -0.2) is 32.7 Å². The van der Waals surface area contributed by atoms with Crippen molar-refractivity contribution in [1.82, 2.24) is 20.5 Å². The third kappa shape index (κ3) is 3.64. The van der Waals surface area contributed by atoms with Crippen molar-refractivity contribution in [1.29, 1.82) is 0 Å². The molecule has 7 heteroatoms. The lowest BCUT2D eigenvalue weighted by Crippen LogP contribution is -2.31. The fourth-order valence-corrected chi connectivity index (χ4v) is 2.11. The van der Waals surface area contributed by atoms with Gasteiger partial charge in [-0.2, -0.15) is 5.10 Å². The third-order valence-corrected chi connectivity index (χ3v) is 3.30. The number of furan rings is 1. The second-order valence-corrected chi connectivity index (χ2v) is 4.94. The van der Waals surface area contributed by atoms with Crippen LogP contribution in [0.4, 0.5) is 0 Å². The monoisotopic (exact) mass is 312 g/mol. The minimum Gasteiger partial charge on any atom is -0.461 e. The van der Waals surface area contributed by atoms with Gasteiger partial charge in [0.05, 0.1) is 6.26 Å². The molecular formula is C16H16N4O3. The summed E-state index contributed by atoms with van der Waals surface area (Å²) in [7, 11) is 0. The molecule has 1 amide bonds. The lowest BCUT2D eigenvalue weighted by molar-refractivity contribution is -0.129. The highest BCUT2D eigenvalue weighted by molar-refractivity contribution is 5.81. The predicted molar refractivity (Wildman–Crippen MR) is 82.2 cm³/mol. The topological polar surface area (TPSA) is 104 Å². The van der Waals surface area contributed by atoms with Crippen LogP contribution in [0, 0.1) is 0 Å². The van der Waals surface area contributed by atoms with Crippen LogP contribution in [0.1, 0.15) is 17.5 Å². The second-order valence-electron chi connectivity index (χ2n) is 4.94. The number of hydrogen-bond acceptors (Lipinski definition) is 5. The molecule has 1 unspecified atom stereocenters. The van der Waals surface area contributed by atoms with E-state index in [2.05, 4.69) is 20.5 Å². The van der Waals surface area contributed by atoms with E-state index in [0.29, 0.717) is 35.9 Å². The first-order valence-corrected chi connectivity index (χ1v) is 7.20. The molecule has 0 bridgehead atoms. The summed E-state index contributed by atoms with van der Waals surface area (Å²) in [4.78, 5) is 16.2. The Morgan fingerprint density at radius 3 is 2.83 bits per heavy atom. The summed E-state index contributed by atoms with van der Waals surface area (Å²) >= 11 is 0. The highest BCUT2D eigenvalue weighted by Crippen LogP contribution is 2.14. The lowest BCUT2D eigenvalue weighted by Gasteiger charge is -2.10. The molecule has 0 radical (unpaired) electrons. The van der Waals surface area contributed by atoms with E-state index >= 15 is 0 Å². The first-order valence-electron chi connectivity index (χ1n) is 7.20. The SMILES string of the molecule is O=C(NCCc1nc(-c2ccco2)n[nH]1)C(O)c1ccccc1. The van der Waals surface area contributed by atoms with E-state index in [4.69, 9.17) is 4.42 Å². The van der Waals surface area contributed by atoms with Crippen LogP contribution in [0.25, 0.3) is 11.6 Å². The summed E-state index contributed by atoms with van der Waals surface area (Å²) in [5.74, 6) is 1.24. The molecule has 0 aliphatic carbocycles. The number of carbonyl (C=O) groups excluding carboxylic acids is 1. The molecule has 0 spiro atoms. The van der Waals surface area contributed by atoms with Crippen LogP contribution in [0.5, 0.6) is 0 Å². The zero-order valence-corrected chi connectivity index (χ0v) is 12.3. The molecule has 2 aromatic heterocycles. The van der Waals surface area contributed by atoms with Crippen molar-refractivity contribution < 1.29 is 14.3 Å². The Balaban J connectivity index is 1.50. The van der Waals surface area contributed by atoms with Gasteiger partial charge >= 0.3 is 0 Å². The van der Waals surface area contributed by atoms with E-state index in [9.17, 15) is 9.90 Å². The Kier molecular flexibility index (Phi) is 4.49. The van der Waals surface area contributed by atoms with Crippen molar-refractivity contribution >= 4 is 5.91 Å². The summed E-state index contributed by atoms with van der Waals surface area (Å²) in [5.41, 5.74) is 0.560. The number of H-pyrrole nitrogens is 1. The number of aliphatic hydroxyl groups is 1. The van der Waals surface area contributed by atoms with E-state index in [-0.39, 0.29) is 0 Å². The Hall–Kier alpha value is -2.93. The van der Waals surface area contributed by atoms with E-state index in [0.717, 1.165) is 0 Å². The number of hydrogen-bond donors (Lipinski definition) is 3. The molecule has 0 aliphatic heterocycles. The van der Waals surface area contributed by atoms with Crippen LogP contribution in [0.3, 0.4) is 0 Å². The Labute approximate surface area is 132 Å². The number of aliphatic hydroxyl groups excluding tert-OH is 1. The van der Waals surface area contributed by atoms with Gasteiger partial charge in [-0.05, 0) is 17.7 Å². The summed E-state index contributed by atoms with van der Waals surface area (Å²) in [6.07, 6.45) is 0.849. The molecule has 0 fully saturated rings. The number of nitrogens with one attached hydrogen (secondary N) is 2. The van der Waals surface area contributed by atoms with Crippen molar-refractivity contribution in [3.8, 4) is 11.6 Å². The standard InChI is InChI=1S/C16H16N4O3/c21-14(11-5-2-1-3-6-11)16(22)17-9-8-13-18-15(20-19-13)12-7-4-10-23-12/h1-7,10,14,21H,8-9H2,(H,17,22)(H,18,19,20). The summed E-state index contributed by atoms with van der Waals surface area (Å²) in [5, 5.41) is 19.5. The van der Waals surface area contributed by atoms with Gasteiger partial charge in [0.1, 0.15) is 5.82 Å². The minimum atomic E-state index is -1.18. The van der Waals surface area contributed by atoms with Gasteiger partial charge in [-0.25, -0.2) is 4.98 Å². The molecule has 0 saturated heterocycles. The molecule has 2 heterocycles. The first kappa shape index (κ1) is 15.0. The van der Waals surface area contributed by atoms with Gasteiger partial charge in [-0.15, -0.1) is 0 Å². The normalized spacial score (nSPS) is 12.0. The average molecular weight is 312 g/mol. The van der Waals surface area contributed by atoms with Gasteiger partial charge in [0.2, 0.25) is 5.82 Å². The fourth-order valence-electron chi connectivity index (χ4n) is 2.11. The zero-order valence-electron chi connectivity index (χ0n) is 12.3. The number of carbonyl (C=O) groups is 1. The van der Waals surface area contributed by atoms with Crippen LogP contribution in [0.2, 0.25) is 0 Å². The van der Waals surface area contributed by atoms with Gasteiger partial charge in [-0.1, -0.05) is 30.3 Å². The van der Waals surface area contributed by atoms with Crippen LogP contribution in [-0.2, 0) is 11.2 Å². The molecular weight excluding hydrogens is 296 g/mol. The van der Waals surface area contributed by atoms with Crippen LogP contribution >= 0.6 is 0 Å². The smallest absolute Gasteiger partial charge is 0.253 e. The van der Waals surface area contributed by atoms with Gasteiger partial charge in [-0.3, -0.25) is 9.89 Å². The number of rotatable bonds is 6. The Bertz CT molecular complexity index is 753. The molecule has 0 aliphatic rings. The van der Waals surface area contributed by atoms with Crippen molar-refractivity contribution in [2.75, 3.05) is 6.54 Å². The summed E-state index contributed by atoms with van der Waals surface area (Å²) < 4.78 is 5.21. The summed E-state index contributed by atoms with van der Waals surface area (Å²) in [6, 6.07) is 12.3. The molecule has 1 atom stereocenters. The number of aromatic amines is 1. The van der Waals surface area contributed by atoms with Crippen molar-refractivity contribution in [3.05, 3.63) is 60.1 Å². The number of benzene rings is 1. The second kappa shape index (κ2) is 6.89. The maximum absolute atomic E-state index is 11.9. The molecule has 118 valence electrons. The molecule has 23 heavy (non-hydrogen) atoms. The van der Waals surface area contributed by atoms with E-state index in [1.807, 2.05) is 6.07 Å². The van der Waals surface area contributed by atoms with Gasteiger partial charge in [0.25, 0.3) is 5.91 Å². The molecule has 7 nitrogen and oxygen atoms in total. The van der Waals surface area contributed by atoms with Crippen molar-refractivity contribution in [3.63, 3.8) is 0 Å². The first-order chi connectivity index (χ1) is 11.2. The number of aromatic nitrogens is 3. The maximum atomic E-state index is 11.9. The molecule has 0 saturated carbocycles. The number of nitrogens with zero attached hydrogens (tertiary/aromatic N) is 2. The molecule has 3 aromatic rings. The van der Waals surface area contributed by atoms with Crippen molar-refractivity contribution in [2.45, 2.75) is 12.5 Å². The number of amides is 1. The van der Waals surface area contributed by atoms with E-state index < -0.39 is 12.0 Å². The minimum absolute atomic E-state index is 0.343. The van der Waals surface area contributed by atoms with Crippen molar-refractivity contribution in [2.24, 2.45) is 0 Å². The summed E-state index contributed by atoms with van der Waals surface area (Å²) in [6.45, 7) is 0.343. The Morgan fingerprint density at radius 1 is 1.26 bits per heavy atom. The van der Waals surface area contributed by atoms with Gasteiger partial charge in [0.15, 0.2) is 11.9 Å². The average Bonchev–Trinajstić information content (AvgIpc) is 3.26. The highest BCUT2D eigenvalue weighted by atomic mass is 16.3. The van der Waals surface area contributed by atoms with Gasteiger partial charge < -0.3 is 14.8 Å². The fraction of sp³-hybridized carbons (Fsp3) is 0.188. The lowest BCUT2D eigenvalue weighted by atomic mass is 10.1. The molecule has 3 rings (SSSR count). The third-order valence-electron chi connectivity index (χ3n) is 3.30. The van der Waals surface area contributed by atoms with Gasteiger partial charge in [0, 0.05) is 13.0 Å². The Morgan fingerprint density at radius 2 is 2.09 bits per heavy atom. The molecule has 1 aromatic carbocycles. The highest BCUT2D eigenvalue weighted by Gasteiger charge is 2.16.